The van der Waals surface area contributed by atoms with Crippen LogP contribution >= 0.6 is 0 Å². The Kier molecular flexibility index (Phi) is 4.09. The van der Waals surface area contributed by atoms with Crippen LogP contribution in [0.4, 0.5) is 0 Å². The van der Waals surface area contributed by atoms with E-state index in [-0.39, 0.29) is 11.9 Å². The third-order valence-electron chi connectivity index (χ3n) is 3.17. The first kappa shape index (κ1) is 12.0. The summed E-state index contributed by atoms with van der Waals surface area (Å²) in [6.07, 6.45) is 5.60. The Morgan fingerprint density at radius 3 is 3.24 bits per heavy atom. The van der Waals surface area contributed by atoms with Crippen molar-refractivity contribution in [2.24, 2.45) is 5.92 Å². The highest BCUT2D eigenvalue weighted by Gasteiger charge is 2.23. The number of pyridine rings is 1. The largest absolute Gasteiger partial charge is 0.351 e. The van der Waals surface area contributed by atoms with Crippen molar-refractivity contribution < 1.29 is 4.79 Å². The number of nitrogens with one attached hydrogen (secondary N) is 2. The molecular formula is C13H19N3O. The fourth-order valence-corrected chi connectivity index (χ4v) is 2.12. The number of carbonyl (C=O) groups is 1. The fraction of sp³-hybridized carbons (Fsp3) is 0.538. The zero-order chi connectivity index (χ0) is 12.1. The van der Waals surface area contributed by atoms with Gasteiger partial charge in [-0.25, -0.2) is 0 Å². The van der Waals surface area contributed by atoms with Crippen LogP contribution in [0.25, 0.3) is 0 Å². The molecule has 92 valence electrons. The predicted molar refractivity (Wildman–Crippen MR) is 66.3 cm³/mol. The van der Waals surface area contributed by atoms with Gasteiger partial charge in [0.1, 0.15) is 0 Å². The molecule has 17 heavy (non-hydrogen) atoms. The van der Waals surface area contributed by atoms with Gasteiger partial charge in [-0.1, -0.05) is 13.0 Å². The van der Waals surface area contributed by atoms with Crippen molar-refractivity contribution in [2.75, 3.05) is 6.54 Å². The van der Waals surface area contributed by atoms with E-state index >= 15 is 0 Å². The lowest BCUT2D eigenvalue weighted by atomic mass is 9.94. The molecule has 1 amide bonds. The minimum atomic E-state index is -0.0320. The zero-order valence-corrected chi connectivity index (χ0v) is 10.1. The Hall–Kier alpha value is -1.42. The van der Waals surface area contributed by atoms with Gasteiger partial charge in [-0.3, -0.25) is 9.78 Å². The van der Waals surface area contributed by atoms with E-state index in [0.29, 0.717) is 12.5 Å². The lowest BCUT2D eigenvalue weighted by molar-refractivity contribution is -0.124. The SMILES string of the molecule is CC1CCNC(C(=O)NCc2cccnc2)C1. The second-order valence-electron chi connectivity index (χ2n) is 4.72. The number of carbonyl (C=O) groups excluding carboxylic acids is 1. The van der Waals surface area contributed by atoms with Crippen molar-refractivity contribution in [3.05, 3.63) is 30.1 Å². The minimum absolute atomic E-state index is 0.0320. The van der Waals surface area contributed by atoms with Crippen LogP contribution in [-0.2, 0) is 11.3 Å². The maximum Gasteiger partial charge on any atom is 0.237 e. The summed E-state index contributed by atoms with van der Waals surface area (Å²) in [5.41, 5.74) is 1.03. The van der Waals surface area contributed by atoms with Crippen molar-refractivity contribution in [1.82, 2.24) is 15.6 Å². The Morgan fingerprint density at radius 1 is 1.65 bits per heavy atom. The maximum absolute atomic E-state index is 11.9. The van der Waals surface area contributed by atoms with Crippen LogP contribution in [0.3, 0.4) is 0 Å². The Balaban J connectivity index is 1.81. The topological polar surface area (TPSA) is 54.0 Å². The number of aromatic nitrogens is 1. The van der Waals surface area contributed by atoms with Gasteiger partial charge in [0.05, 0.1) is 6.04 Å². The molecule has 4 heteroatoms. The van der Waals surface area contributed by atoms with E-state index in [9.17, 15) is 4.79 Å². The molecule has 1 saturated heterocycles. The van der Waals surface area contributed by atoms with Gasteiger partial charge in [-0.05, 0) is 36.9 Å². The highest BCUT2D eigenvalue weighted by molar-refractivity contribution is 5.81. The Morgan fingerprint density at radius 2 is 2.53 bits per heavy atom. The molecule has 0 saturated carbocycles. The van der Waals surface area contributed by atoms with E-state index in [2.05, 4.69) is 22.5 Å². The third kappa shape index (κ3) is 3.53. The van der Waals surface area contributed by atoms with Gasteiger partial charge in [0, 0.05) is 18.9 Å². The van der Waals surface area contributed by atoms with Gasteiger partial charge in [0.25, 0.3) is 0 Å². The summed E-state index contributed by atoms with van der Waals surface area (Å²) in [6.45, 7) is 3.69. The monoisotopic (exact) mass is 233 g/mol. The van der Waals surface area contributed by atoms with Crippen LogP contribution in [0.2, 0.25) is 0 Å². The summed E-state index contributed by atoms with van der Waals surface area (Å²) >= 11 is 0. The van der Waals surface area contributed by atoms with Gasteiger partial charge in [-0.15, -0.1) is 0 Å². The van der Waals surface area contributed by atoms with Gasteiger partial charge in [0.15, 0.2) is 0 Å². The number of piperidine rings is 1. The summed E-state index contributed by atoms with van der Waals surface area (Å²) in [5.74, 6) is 0.728. The van der Waals surface area contributed by atoms with E-state index in [4.69, 9.17) is 0 Å². The van der Waals surface area contributed by atoms with Crippen molar-refractivity contribution in [2.45, 2.75) is 32.4 Å². The normalized spacial score (nSPS) is 24.3. The van der Waals surface area contributed by atoms with Crippen LogP contribution in [-0.4, -0.2) is 23.5 Å². The second-order valence-corrected chi connectivity index (χ2v) is 4.72. The first-order chi connectivity index (χ1) is 8.25. The molecule has 2 unspecified atom stereocenters. The van der Waals surface area contributed by atoms with E-state index in [1.807, 2.05) is 12.1 Å². The maximum atomic E-state index is 11.9. The van der Waals surface area contributed by atoms with Crippen LogP contribution < -0.4 is 10.6 Å². The quantitative estimate of drug-likeness (QED) is 0.821. The summed E-state index contributed by atoms with van der Waals surface area (Å²) < 4.78 is 0. The van der Waals surface area contributed by atoms with Gasteiger partial charge in [0.2, 0.25) is 5.91 Å². The molecule has 0 radical (unpaired) electrons. The van der Waals surface area contributed by atoms with Crippen molar-refractivity contribution in [3.8, 4) is 0 Å². The Labute approximate surface area is 102 Å². The molecule has 1 aromatic rings. The molecule has 1 aliphatic heterocycles. The lowest BCUT2D eigenvalue weighted by Crippen LogP contribution is -2.48. The third-order valence-corrected chi connectivity index (χ3v) is 3.17. The average Bonchev–Trinajstić information content (AvgIpc) is 2.37. The summed E-state index contributed by atoms with van der Waals surface area (Å²) in [4.78, 5) is 15.9. The number of rotatable bonds is 3. The number of hydrogen-bond acceptors (Lipinski definition) is 3. The summed E-state index contributed by atoms with van der Waals surface area (Å²) in [6, 6.07) is 3.81. The lowest BCUT2D eigenvalue weighted by Gasteiger charge is -2.27. The number of hydrogen-bond donors (Lipinski definition) is 2. The molecule has 1 aliphatic rings. The van der Waals surface area contributed by atoms with E-state index in [1.54, 1.807) is 12.4 Å². The first-order valence-electron chi connectivity index (χ1n) is 6.15. The molecule has 2 atom stereocenters. The highest BCUT2D eigenvalue weighted by Crippen LogP contribution is 2.15. The van der Waals surface area contributed by atoms with Crippen molar-refractivity contribution in [3.63, 3.8) is 0 Å². The van der Waals surface area contributed by atoms with Gasteiger partial charge < -0.3 is 10.6 Å². The number of amides is 1. The molecule has 2 rings (SSSR count). The van der Waals surface area contributed by atoms with Gasteiger partial charge in [-0.2, -0.15) is 0 Å². The van der Waals surface area contributed by atoms with Crippen LogP contribution in [0, 0.1) is 5.92 Å². The molecule has 1 aromatic heterocycles. The van der Waals surface area contributed by atoms with E-state index in [0.717, 1.165) is 24.9 Å². The second kappa shape index (κ2) is 5.77. The molecule has 0 bridgehead atoms. The molecular weight excluding hydrogens is 214 g/mol. The average molecular weight is 233 g/mol. The minimum Gasteiger partial charge on any atom is -0.351 e. The van der Waals surface area contributed by atoms with Crippen LogP contribution in [0.1, 0.15) is 25.3 Å². The van der Waals surface area contributed by atoms with Gasteiger partial charge >= 0.3 is 0 Å². The zero-order valence-electron chi connectivity index (χ0n) is 10.1. The molecule has 4 nitrogen and oxygen atoms in total. The molecule has 0 aromatic carbocycles. The smallest absolute Gasteiger partial charge is 0.237 e. The van der Waals surface area contributed by atoms with Crippen LogP contribution in [0.15, 0.2) is 24.5 Å². The highest BCUT2D eigenvalue weighted by atomic mass is 16.2. The summed E-state index contributed by atoms with van der Waals surface area (Å²) in [5, 5.41) is 6.21. The molecule has 1 fully saturated rings. The molecule has 0 aliphatic carbocycles. The van der Waals surface area contributed by atoms with E-state index in [1.165, 1.54) is 0 Å². The standard InChI is InChI=1S/C13H19N3O/c1-10-4-6-15-12(7-10)13(17)16-9-11-3-2-5-14-8-11/h2-3,5,8,10,12,15H,4,6-7,9H2,1H3,(H,16,17). The van der Waals surface area contributed by atoms with E-state index < -0.39 is 0 Å². The number of nitrogens with zero attached hydrogens (tertiary/aromatic N) is 1. The van der Waals surface area contributed by atoms with Crippen molar-refractivity contribution >= 4 is 5.91 Å². The first-order valence-corrected chi connectivity index (χ1v) is 6.15. The summed E-state index contributed by atoms with van der Waals surface area (Å²) in [7, 11) is 0. The predicted octanol–water partition coefficient (Wildman–Crippen LogP) is 1.09. The molecule has 2 N–H and O–H groups in total. The molecule has 2 heterocycles. The Bertz CT molecular complexity index is 366. The van der Waals surface area contributed by atoms with Crippen molar-refractivity contribution in [1.29, 1.82) is 0 Å². The fourth-order valence-electron chi connectivity index (χ4n) is 2.12. The van der Waals surface area contributed by atoms with Crippen LogP contribution in [0.5, 0.6) is 0 Å². The molecule has 0 spiro atoms.